The maximum absolute atomic E-state index is 12.3. The molecule has 2 aromatic carbocycles. The lowest BCUT2D eigenvalue weighted by Gasteiger charge is -2.07. The summed E-state index contributed by atoms with van der Waals surface area (Å²) in [5, 5.41) is 3.85. The Morgan fingerprint density at radius 3 is 2.10 bits per heavy atom. The van der Waals surface area contributed by atoms with Gasteiger partial charge in [0.15, 0.2) is 0 Å². The predicted molar refractivity (Wildman–Crippen MR) is 121 cm³/mol. The van der Waals surface area contributed by atoms with Crippen LogP contribution in [0.25, 0.3) is 0 Å². The van der Waals surface area contributed by atoms with Gasteiger partial charge in [-0.1, -0.05) is 39.0 Å². The summed E-state index contributed by atoms with van der Waals surface area (Å²) >= 11 is 0. The predicted octanol–water partition coefficient (Wildman–Crippen LogP) is 5.14. The summed E-state index contributed by atoms with van der Waals surface area (Å²) in [6, 6.07) is 13.6. The summed E-state index contributed by atoms with van der Waals surface area (Å²) < 4.78 is 35.6. The van der Waals surface area contributed by atoms with E-state index in [1.165, 1.54) is 50.5 Å². The quantitative estimate of drug-likeness (QED) is 0.255. The molecule has 164 valence electrons. The Morgan fingerprint density at radius 2 is 1.43 bits per heavy atom. The van der Waals surface area contributed by atoms with Gasteiger partial charge >= 0.3 is 0 Å². The van der Waals surface area contributed by atoms with Crippen LogP contribution >= 0.6 is 0 Å². The first kappa shape index (κ1) is 23.7. The molecule has 0 amide bonds. The van der Waals surface area contributed by atoms with Gasteiger partial charge in [0.05, 0.1) is 24.3 Å². The van der Waals surface area contributed by atoms with Gasteiger partial charge in [0.2, 0.25) is 0 Å². The van der Waals surface area contributed by atoms with E-state index < -0.39 is 10.0 Å². The SMILES string of the molecule is CCCCCCCCOc1ccc(C=NNS(=O)(=O)c2ccc(OCC)cc2)cc1. The van der Waals surface area contributed by atoms with Crippen molar-refractivity contribution in [1.82, 2.24) is 4.83 Å². The number of rotatable bonds is 14. The summed E-state index contributed by atoms with van der Waals surface area (Å²) in [7, 11) is -3.72. The molecule has 2 aromatic rings. The molecular weight excluding hydrogens is 400 g/mol. The first-order valence-electron chi connectivity index (χ1n) is 10.6. The van der Waals surface area contributed by atoms with Crippen LogP contribution in [0.3, 0.4) is 0 Å². The first-order valence-corrected chi connectivity index (χ1v) is 12.0. The van der Waals surface area contributed by atoms with E-state index in [0.29, 0.717) is 19.0 Å². The van der Waals surface area contributed by atoms with Crippen molar-refractivity contribution in [3.63, 3.8) is 0 Å². The molecule has 7 heteroatoms. The molecule has 0 aliphatic heterocycles. The monoisotopic (exact) mass is 432 g/mol. The average molecular weight is 433 g/mol. The van der Waals surface area contributed by atoms with Gasteiger partial charge in [-0.15, -0.1) is 0 Å². The van der Waals surface area contributed by atoms with E-state index in [-0.39, 0.29) is 4.90 Å². The molecule has 0 aliphatic rings. The highest BCUT2D eigenvalue weighted by Gasteiger charge is 2.12. The Labute approximate surface area is 180 Å². The number of nitrogens with one attached hydrogen (secondary N) is 1. The van der Waals surface area contributed by atoms with E-state index in [9.17, 15) is 8.42 Å². The van der Waals surface area contributed by atoms with Crippen molar-refractivity contribution in [2.45, 2.75) is 57.3 Å². The van der Waals surface area contributed by atoms with Crippen molar-refractivity contribution >= 4 is 16.2 Å². The third-order valence-electron chi connectivity index (χ3n) is 4.48. The number of unbranched alkanes of at least 4 members (excludes halogenated alkanes) is 5. The molecule has 0 saturated carbocycles. The van der Waals surface area contributed by atoms with E-state index in [4.69, 9.17) is 9.47 Å². The molecule has 0 unspecified atom stereocenters. The molecule has 0 aromatic heterocycles. The lowest BCUT2D eigenvalue weighted by molar-refractivity contribution is 0.304. The van der Waals surface area contributed by atoms with E-state index in [0.717, 1.165) is 17.7 Å². The van der Waals surface area contributed by atoms with Crippen LogP contribution in [-0.2, 0) is 10.0 Å². The third kappa shape index (κ3) is 8.45. The summed E-state index contributed by atoms with van der Waals surface area (Å²) in [6.07, 6.45) is 8.84. The number of benzene rings is 2. The second-order valence-electron chi connectivity index (χ2n) is 6.94. The normalized spacial score (nSPS) is 11.5. The molecule has 1 N–H and O–H groups in total. The van der Waals surface area contributed by atoms with Crippen molar-refractivity contribution in [2.75, 3.05) is 13.2 Å². The summed E-state index contributed by atoms with van der Waals surface area (Å²) in [5.74, 6) is 1.43. The van der Waals surface area contributed by atoms with E-state index in [1.807, 2.05) is 31.2 Å². The van der Waals surface area contributed by atoms with Gasteiger partial charge in [0.25, 0.3) is 10.0 Å². The zero-order valence-corrected chi connectivity index (χ0v) is 18.7. The number of hydrogen-bond donors (Lipinski definition) is 1. The van der Waals surface area contributed by atoms with Gasteiger partial charge in [0.1, 0.15) is 11.5 Å². The van der Waals surface area contributed by atoms with Gasteiger partial charge < -0.3 is 9.47 Å². The van der Waals surface area contributed by atoms with Crippen LogP contribution in [-0.4, -0.2) is 27.8 Å². The lowest BCUT2D eigenvalue weighted by atomic mass is 10.1. The van der Waals surface area contributed by atoms with Crippen LogP contribution in [0.15, 0.2) is 58.5 Å². The molecule has 0 saturated heterocycles. The van der Waals surface area contributed by atoms with Gasteiger partial charge in [-0.2, -0.15) is 13.5 Å². The first-order chi connectivity index (χ1) is 14.5. The van der Waals surface area contributed by atoms with Gasteiger partial charge in [-0.3, -0.25) is 0 Å². The topological polar surface area (TPSA) is 77.0 Å². The van der Waals surface area contributed by atoms with Crippen LogP contribution in [0.5, 0.6) is 11.5 Å². The second kappa shape index (κ2) is 12.9. The van der Waals surface area contributed by atoms with E-state index >= 15 is 0 Å². The minimum atomic E-state index is -3.72. The van der Waals surface area contributed by atoms with Crippen LogP contribution in [0.4, 0.5) is 0 Å². The molecule has 0 fully saturated rings. The highest BCUT2D eigenvalue weighted by molar-refractivity contribution is 7.89. The average Bonchev–Trinajstić information content (AvgIpc) is 2.75. The fourth-order valence-electron chi connectivity index (χ4n) is 2.83. The maximum atomic E-state index is 12.3. The fourth-order valence-corrected chi connectivity index (χ4v) is 3.62. The Kier molecular flexibility index (Phi) is 10.2. The van der Waals surface area contributed by atoms with Gasteiger partial charge in [-0.25, -0.2) is 4.83 Å². The standard InChI is InChI=1S/C23H32N2O4S/c1-3-5-6-7-8-9-18-29-22-12-10-20(11-13-22)19-24-25-30(26,27)23-16-14-21(15-17-23)28-4-2/h10-17,19,25H,3-9,18H2,1-2H3. The summed E-state index contributed by atoms with van der Waals surface area (Å²) in [4.78, 5) is 2.35. The molecule has 0 atom stereocenters. The molecule has 6 nitrogen and oxygen atoms in total. The Morgan fingerprint density at radius 1 is 0.833 bits per heavy atom. The number of hydrazone groups is 1. The highest BCUT2D eigenvalue weighted by atomic mass is 32.2. The van der Waals surface area contributed by atoms with Crippen molar-refractivity contribution in [3.05, 3.63) is 54.1 Å². The minimum Gasteiger partial charge on any atom is -0.494 e. The molecule has 0 aliphatic carbocycles. The van der Waals surface area contributed by atoms with Crippen LogP contribution in [0.2, 0.25) is 0 Å². The van der Waals surface area contributed by atoms with Crippen LogP contribution in [0, 0.1) is 0 Å². The zero-order valence-electron chi connectivity index (χ0n) is 17.8. The summed E-state index contributed by atoms with van der Waals surface area (Å²) in [6.45, 7) is 5.32. The lowest BCUT2D eigenvalue weighted by Crippen LogP contribution is -2.18. The minimum absolute atomic E-state index is 0.126. The molecule has 2 rings (SSSR count). The molecule has 0 radical (unpaired) electrons. The number of hydrogen-bond acceptors (Lipinski definition) is 5. The maximum Gasteiger partial charge on any atom is 0.276 e. The van der Waals surface area contributed by atoms with Gasteiger partial charge in [-0.05, 0) is 67.4 Å². The Balaban J connectivity index is 1.77. The van der Waals surface area contributed by atoms with Crippen molar-refractivity contribution < 1.29 is 17.9 Å². The number of ether oxygens (including phenoxy) is 2. The molecular formula is C23H32N2O4S. The number of nitrogens with zero attached hydrogens (tertiary/aromatic N) is 1. The zero-order chi connectivity index (χ0) is 21.7. The molecule has 30 heavy (non-hydrogen) atoms. The second-order valence-corrected chi connectivity index (χ2v) is 8.60. The number of sulfonamides is 1. The van der Waals surface area contributed by atoms with Crippen LogP contribution < -0.4 is 14.3 Å². The third-order valence-corrected chi connectivity index (χ3v) is 5.72. The smallest absolute Gasteiger partial charge is 0.276 e. The highest BCUT2D eigenvalue weighted by Crippen LogP contribution is 2.16. The summed E-state index contributed by atoms with van der Waals surface area (Å²) in [5.41, 5.74) is 0.774. The van der Waals surface area contributed by atoms with Gasteiger partial charge in [0, 0.05) is 0 Å². The van der Waals surface area contributed by atoms with E-state index in [1.54, 1.807) is 12.1 Å². The molecule has 0 heterocycles. The fraction of sp³-hybridized carbons (Fsp3) is 0.435. The molecule has 0 bridgehead atoms. The van der Waals surface area contributed by atoms with Crippen molar-refractivity contribution in [3.8, 4) is 11.5 Å². The van der Waals surface area contributed by atoms with Crippen molar-refractivity contribution in [2.24, 2.45) is 5.10 Å². The van der Waals surface area contributed by atoms with Crippen LogP contribution in [0.1, 0.15) is 57.9 Å². The molecule has 0 spiro atoms. The largest absolute Gasteiger partial charge is 0.494 e. The van der Waals surface area contributed by atoms with E-state index in [2.05, 4.69) is 16.9 Å². The Bertz CT molecular complexity index is 863. The van der Waals surface area contributed by atoms with Crippen molar-refractivity contribution in [1.29, 1.82) is 0 Å². The Hall–Kier alpha value is -2.54.